The Hall–Kier alpha value is -0.870. The first-order valence-electron chi connectivity index (χ1n) is 7.83. The fraction of sp³-hybridized carbons (Fsp3) is 0.688. The van der Waals surface area contributed by atoms with Crippen LogP contribution >= 0.6 is 11.3 Å². The summed E-state index contributed by atoms with van der Waals surface area (Å²) in [6.45, 7) is 2.97. The number of amides is 1. The van der Waals surface area contributed by atoms with Crippen molar-refractivity contribution in [2.75, 3.05) is 26.7 Å². The lowest BCUT2D eigenvalue weighted by Crippen LogP contribution is -2.38. The third-order valence-corrected chi connectivity index (χ3v) is 5.89. The highest BCUT2D eigenvalue weighted by Crippen LogP contribution is 2.32. The van der Waals surface area contributed by atoms with Gasteiger partial charge in [-0.25, -0.2) is 0 Å². The summed E-state index contributed by atoms with van der Waals surface area (Å²) >= 11 is 1.74. The molecule has 1 saturated heterocycles. The number of nitrogens with zero attached hydrogens (tertiary/aromatic N) is 1. The van der Waals surface area contributed by atoms with E-state index in [-0.39, 0.29) is 5.91 Å². The van der Waals surface area contributed by atoms with Gasteiger partial charge in [0, 0.05) is 18.0 Å². The molecule has 1 aliphatic heterocycles. The molecule has 2 heterocycles. The molecule has 0 saturated carbocycles. The van der Waals surface area contributed by atoms with E-state index in [1.54, 1.807) is 11.3 Å². The Morgan fingerprint density at radius 1 is 1.40 bits per heavy atom. The molecule has 1 aromatic rings. The Balaban J connectivity index is 1.56. The average Bonchev–Trinajstić information content (AvgIpc) is 3.06. The van der Waals surface area contributed by atoms with Crippen LogP contribution in [0.2, 0.25) is 0 Å². The quantitative estimate of drug-likeness (QED) is 0.925. The molecule has 4 heteroatoms. The number of hydrogen-bond donors (Lipinski definition) is 1. The van der Waals surface area contributed by atoms with Crippen LogP contribution < -0.4 is 5.32 Å². The largest absolute Gasteiger partial charge is 0.338 e. The van der Waals surface area contributed by atoms with Gasteiger partial charge in [-0.1, -0.05) is 0 Å². The van der Waals surface area contributed by atoms with Crippen molar-refractivity contribution >= 4 is 17.2 Å². The van der Waals surface area contributed by atoms with E-state index in [1.807, 2.05) is 7.05 Å². The molecule has 3 nitrogen and oxygen atoms in total. The summed E-state index contributed by atoms with van der Waals surface area (Å²) in [7, 11) is 2.01. The maximum absolute atomic E-state index is 12.6. The Bertz CT molecular complexity index is 453. The van der Waals surface area contributed by atoms with Crippen molar-refractivity contribution in [3.05, 3.63) is 21.4 Å². The number of piperidine rings is 1. The van der Waals surface area contributed by atoms with Crippen LogP contribution in [0.5, 0.6) is 0 Å². The summed E-state index contributed by atoms with van der Waals surface area (Å²) in [6, 6.07) is 2.16. The van der Waals surface area contributed by atoms with Gasteiger partial charge < -0.3 is 10.2 Å². The number of nitrogens with one attached hydrogen (secondary N) is 1. The number of fused-ring (bicyclic) bond motifs is 1. The lowest BCUT2D eigenvalue weighted by atomic mass is 9.93. The van der Waals surface area contributed by atoms with Gasteiger partial charge in [0.2, 0.25) is 0 Å². The second-order valence-electron chi connectivity index (χ2n) is 6.04. The Morgan fingerprint density at radius 2 is 2.20 bits per heavy atom. The smallest absolute Gasteiger partial charge is 0.263 e. The molecule has 0 aromatic carbocycles. The Labute approximate surface area is 125 Å². The zero-order valence-electron chi connectivity index (χ0n) is 12.3. The summed E-state index contributed by atoms with van der Waals surface area (Å²) in [5.41, 5.74) is 1.43. The molecule has 110 valence electrons. The zero-order valence-corrected chi connectivity index (χ0v) is 13.1. The van der Waals surface area contributed by atoms with E-state index < -0.39 is 0 Å². The van der Waals surface area contributed by atoms with Gasteiger partial charge in [0.1, 0.15) is 0 Å². The molecule has 1 N–H and O–H groups in total. The van der Waals surface area contributed by atoms with Gasteiger partial charge in [0.05, 0.1) is 4.88 Å². The van der Waals surface area contributed by atoms with E-state index in [2.05, 4.69) is 16.3 Å². The predicted octanol–water partition coefficient (Wildman–Crippen LogP) is 2.70. The first kappa shape index (κ1) is 14.1. The highest BCUT2D eigenvalue weighted by Gasteiger charge is 2.26. The number of aryl methyl sites for hydroxylation is 2. The predicted molar refractivity (Wildman–Crippen MR) is 83.5 cm³/mol. The number of hydrogen-bond acceptors (Lipinski definition) is 3. The first-order valence-corrected chi connectivity index (χ1v) is 8.65. The topological polar surface area (TPSA) is 32.3 Å². The molecular formula is C16H24N2OS. The molecule has 0 bridgehead atoms. The van der Waals surface area contributed by atoms with Gasteiger partial charge in [-0.15, -0.1) is 11.3 Å². The van der Waals surface area contributed by atoms with Crippen molar-refractivity contribution in [3.63, 3.8) is 0 Å². The van der Waals surface area contributed by atoms with Gasteiger partial charge in [-0.05, 0) is 69.7 Å². The van der Waals surface area contributed by atoms with Crippen LogP contribution in [0.15, 0.2) is 6.07 Å². The van der Waals surface area contributed by atoms with E-state index in [0.717, 1.165) is 30.4 Å². The van der Waals surface area contributed by atoms with Crippen molar-refractivity contribution in [2.45, 2.75) is 38.5 Å². The summed E-state index contributed by atoms with van der Waals surface area (Å²) in [6.07, 6.45) is 7.19. The highest BCUT2D eigenvalue weighted by atomic mass is 32.1. The molecule has 1 amide bonds. The molecule has 0 atom stereocenters. The van der Waals surface area contributed by atoms with Crippen LogP contribution in [0.25, 0.3) is 0 Å². The normalized spacial score (nSPS) is 19.4. The maximum atomic E-state index is 12.6. The second-order valence-corrected chi connectivity index (χ2v) is 7.18. The zero-order chi connectivity index (χ0) is 13.9. The first-order chi connectivity index (χ1) is 9.78. The average molecular weight is 292 g/mol. The Morgan fingerprint density at radius 3 is 2.90 bits per heavy atom. The third-order valence-electron chi connectivity index (χ3n) is 4.66. The minimum atomic E-state index is 0.275. The highest BCUT2D eigenvalue weighted by molar-refractivity contribution is 7.14. The van der Waals surface area contributed by atoms with Crippen LogP contribution in [0.1, 0.15) is 45.8 Å². The second kappa shape index (κ2) is 6.27. The van der Waals surface area contributed by atoms with E-state index >= 15 is 0 Å². The number of carbonyl (C=O) groups is 1. The molecule has 1 aliphatic carbocycles. The van der Waals surface area contributed by atoms with Crippen molar-refractivity contribution in [1.82, 2.24) is 10.2 Å². The van der Waals surface area contributed by atoms with Crippen LogP contribution in [-0.2, 0) is 12.8 Å². The fourth-order valence-electron chi connectivity index (χ4n) is 3.36. The third kappa shape index (κ3) is 2.91. The molecule has 0 unspecified atom stereocenters. The SMILES string of the molecule is CNCCC1CCN(C(=O)c2cc3c(s2)CCC3)CC1. The van der Waals surface area contributed by atoms with Gasteiger partial charge >= 0.3 is 0 Å². The number of thiophene rings is 1. The molecule has 1 fully saturated rings. The summed E-state index contributed by atoms with van der Waals surface area (Å²) in [5, 5.41) is 3.22. The van der Waals surface area contributed by atoms with Crippen molar-refractivity contribution in [1.29, 1.82) is 0 Å². The minimum Gasteiger partial charge on any atom is -0.338 e. The molecule has 3 rings (SSSR count). The van der Waals surface area contributed by atoms with Crippen molar-refractivity contribution in [3.8, 4) is 0 Å². The van der Waals surface area contributed by atoms with Crippen LogP contribution in [0.4, 0.5) is 0 Å². The molecule has 1 aromatic heterocycles. The van der Waals surface area contributed by atoms with Crippen molar-refractivity contribution < 1.29 is 4.79 Å². The summed E-state index contributed by atoms with van der Waals surface area (Å²) in [4.78, 5) is 17.0. The molecule has 0 radical (unpaired) electrons. The van der Waals surface area contributed by atoms with Crippen molar-refractivity contribution in [2.24, 2.45) is 5.92 Å². The van der Waals surface area contributed by atoms with Crippen LogP contribution in [0, 0.1) is 5.92 Å². The summed E-state index contributed by atoms with van der Waals surface area (Å²) in [5.74, 6) is 1.07. The number of likely N-dealkylation sites (tertiary alicyclic amines) is 1. The van der Waals surface area contributed by atoms with Gasteiger partial charge in [-0.2, -0.15) is 0 Å². The van der Waals surface area contributed by atoms with Gasteiger partial charge in [-0.3, -0.25) is 4.79 Å². The van der Waals surface area contributed by atoms with Gasteiger partial charge in [0.25, 0.3) is 5.91 Å². The van der Waals surface area contributed by atoms with E-state index in [1.165, 1.54) is 49.0 Å². The van der Waals surface area contributed by atoms with Crippen LogP contribution in [-0.4, -0.2) is 37.5 Å². The monoisotopic (exact) mass is 292 g/mol. The fourth-order valence-corrected chi connectivity index (χ4v) is 4.59. The summed E-state index contributed by atoms with van der Waals surface area (Å²) < 4.78 is 0. The molecule has 0 spiro atoms. The maximum Gasteiger partial charge on any atom is 0.263 e. The van der Waals surface area contributed by atoms with E-state index in [9.17, 15) is 4.79 Å². The van der Waals surface area contributed by atoms with E-state index in [4.69, 9.17) is 0 Å². The van der Waals surface area contributed by atoms with E-state index in [0.29, 0.717) is 0 Å². The van der Waals surface area contributed by atoms with Crippen LogP contribution in [0.3, 0.4) is 0 Å². The lowest BCUT2D eigenvalue weighted by Gasteiger charge is -2.31. The molecular weight excluding hydrogens is 268 g/mol. The number of rotatable bonds is 4. The standard InChI is InChI=1S/C16H24N2OS/c1-17-8-5-12-6-9-18(10-7-12)16(19)15-11-13-3-2-4-14(13)20-15/h11-12,17H,2-10H2,1H3. The Kier molecular flexibility index (Phi) is 4.41. The molecule has 2 aliphatic rings. The van der Waals surface area contributed by atoms with Gasteiger partial charge in [0.15, 0.2) is 0 Å². The number of carbonyl (C=O) groups excluding carboxylic acids is 1. The minimum absolute atomic E-state index is 0.275. The lowest BCUT2D eigenvalue weighted by molar-refractivity contribution is 0.0692. The molecule has 20 heavy (non-hydrogen) atoms.